The molecule has 7 heteroatoms. The zero-order valence-corrected chi connectivity index (χ0v) is 18.9. The van der Waals surface area contributed by atoms with Gasteiger partial charge < -0.3 is 10.1 Å². The molecule has 4 amide bonds. The number of methoxy groups -OCH3 is 1. The van der Waals surface area contributed by atoms with Gasteiger partial charge in [-0.1, -0.05) is 18.9 Å². The maximum absolute atomic E-state index is 13.4. The number of fused-ring (bicyclic) bond motifs is 2. The lowest BCUT2D eigenvalue weighted by Gasteiger charge is -2.42. The van der Waals surface area contributed by atoms with Crippen molar-refractivity contribution >= 4 is 29.1 Å². The Morgan fingerprint density at radius 1 is 1.16 bits per heavy atom. The molecule has 1 saturated carbocycles. The molecule has 7 nitrogen and oxygen atoms in total. The third kappa shape index (κ3) is 3.50. The molecule has 166 valence electrons. The van der Waals surface area contributed by atoms with Crippen LogP contribution < -0.4 is 15.0 Å². The van der Waals surface area contributed by atoms with Crippen LogP contribution in [-0.2, 0) is 9.59 Å². The van der Waals surface area contributed by atoms with Gasteiger partial charge in [-0.2, -0.15) is 0 Å². The smallest absolute Gasteiger partial charge is 0.324 e. The Hall–Kier alpha value is -2.83. The van der Waals surface area contributed by atoms with Crippen LogP contribution in [0.1, 0.15) is 58.9 Å². The van der Waals surface area contributed by atoms with Crippen molar-refractivity contribution in [2.45, 2.75) is 65.1 Å². The third-order valence-corrected chi connectivity index (χ3v) is 6.81. The summed E-state index contributed by atoms with van der Waals surface area (Å²) in [5.74, 6) is -0.0463. The maximum atomic E-state index is 13.4. The van der Waals surface area contributed by atoms with Crippen LogP contribution in [0, 0.1) is 11.8 Å². The first-order valence-corrected chi connectivity index (χ1v) is 11.0. The van der Waals surface area contributed by atoms with E-state index in [1.54, 1.807) is 18.9 Å². The number of nitrogens with zero attached hydrogens (tertiary/aromatic N) is 2. The Morgan fingerprint density at radius 2 is 1.77 bits per heavy atom. The molecule has 1 saturated heterocycles. The molecule has 3 aliphatic rings. The summed E-state index contributed by atoms with van der Waals surface area (Å²) in [7, 11) is 1.61. The topological polar surface area (TPSA) is 79.0 Å². The van der Waals surface area contributed by atoms with Crippen molar-refractivity contribution in [3.8, 4) is 5.75 Å². The monoisotopic (exact) mass is 425 g/mol. The van der Waals surface area contributed by atoms with Gasteiger partial charge in [-0.05, 0) is 64.3 Å². The van der Waals surface area contributed by atoms with Crippen molar-refractivity contribution in [3.63, 3.8) is 0 Å². The summed E-state index contributed by atoms with van der Waals surface area (Å²) < 4.78 is 5.35. The fourth-order valence-electron chi connectivity index (χ4n) is 5.38. The highest BCUT2D eigenvalue weighted by Crippen LogP contribution is 2.41. The maximum Gasteiger partial charge on any atom is 0.324 e. The molecule has 1 N–H and O–H groups in total. The lowest BCUT2D eigenvalue weighted by Crippen LogP contribution is -2.58. The van der Waals surface area contributed by atoms with Crippen LogP contribution in [0.4, 0.5) is 10.5 Å². The molecule has 0 bridgehead atoms. The molecule has 2 heterocycles. The number of benzene rings is 1. The molecule has 1 aromatic carbocycles. The predicted molar refractivity (Wildman–Crippen MR) is 118 cm³/mol. The van der Waals surface area contributed by atoms with Crippen molar-refractivity contribution in [1.82, 2.24) is 10.2 Å². The Bertz CT molecular complexity index is 944. The zero-order valence-electron chi connectivity index (χ0n) is 18.9. The van der Waals surface area contributed by atoms with E-state index in [2.05, 4.69) is 5.32 Å². The number of ether oxygens (including phenoxy) is 1. The van der Waals surface area contributed by atoms with Crippen LogP contribution >= 0.6 is 0 Å². The van der Waals surface area contributed by atoms with E-state index < -0.39 is 11.7 Å². The van der Waals surface area contributed by atoms with Gasteiger partial charge in [0.15, 0.2) is 0 Å². The van der Waals surface area contributed by atoms with Crippen molar-refractivity contribution in [2.24, 2.45) is 11.8 Å². The van der Waals surface area contributed by atoms with Gasteiger partial charge in [-0.3, -0.25) is 19.4 Å². The summed E-state index contributed by atoms with van der Waals surface area (Å²) in [5.41, 5.74) is 2.16. The number of allylic oxidation sites excluding steroid dienone is 1. The molecule has 2 fully saturated rings. The number of imide groups is 1. The van der Waals surface area contributed by atoms with Gasteiger partial charge in [0.05, 0.1) is 30.2 Å². The van der Waals surface area contributed by atoms with Crippen LogP contribution in [0.25, 0.3) is 5.57 Å². The molecule has 0 radical (unpaired) electrons. The average molecular weight is 426 g/mol. The normalized spacial score (nSPS) is 25.5. The van der Waals surface area contributed by atoms with Gasteiger partial charge in [-0.15, -0.1) is 0 Å². The highest BCUT2D eigenvalue weighted by Gasteiger charge is 2.50. The number of anilines is 1. The van der Waals surface area contributed by atoms with E-state index in [4.69, 9.17) is 4.74 Å². The molecule has 1 aliphatic carbocycles. The molecule has 4 rings (SSSR count). The summed E-state index contributed by atoms with van der Waals surface area (Å²) in [6, 6.07) is 5.27. The Balaban J connectivity index is 1.59. The standard InChI is InChI=1S/C24H31N3O4/c1-14-13-24(3,4)27(20-11-10-16(31-5)12-19(14)20)23(30)25-15(2)26-21(28)17-8-6-7-9-18(17)22(26)29/h10-13,15,17-18H,6-9H2,1-5H3,(H,25,30)/t15-,17+,18+/m1/s1. The minimum Gasteiger partial charge on any atom is -0.497 e. The predicted octanol–water partition coefficient (Wildman–Crippen LogP) is 3.93. The largest absolute Gasteiger partial charge is 0.497 e. The number of carbonyl (C=O) groups excluding carboxylic acids is 3. The van der Waals surface area contributed by atoms with E-state index in [9.17, 15) is 14.4 Å². The van der Waals surface area contributed by atoms with Crippen LogP contribution in [0.2, 0.25) is 0 Å². The zero-order chi connectivity index (χ0) is 22.5. The summed E-state index contributed by atoms with van der Waals surface area (Å²) in [6.45, 7) is 7.66. The molecule has 2 aliphatic heterocycles. The number of amides is 4. The molecule has 0 spiro atoms. The summed E-state index contributed by atoms with van der Waals surface area (Å²) >= 11 is 0. The lowest BCUT2D eigenvalue weighted by atomic mass is 9.81. The molecule has 1 aromatic rings. The fourth-order valence-corrected chi connectivity index (χ4v) is 5.38. The minimum absolute atomic E-state index is 0.152. The molecule has 3 atom stereocenters. The molecular formula is C24H31N3O4. The Kier molecular flexibility index (Phi) is 5.31. The lowest BCUT2D eigenvalue weighted by molar-refractivity contribution is -0.142. The highest BCUT2D eigenvalue weighted by molar-refractivity contribution is 6.06. The summed E-state index contributed by atoms with van der Waals surface area (Å²) in [4.78, 5) is 42.2. The van der Waals surface area contributed by atoms with Crippen molar-refractivity contribution in [2.75, 3.05) is 12.0 Å². The van der Waals surface area contributed by atoms with Crippen LogP contribution in [-0.4, -0.2) is 41.6 Å². The van der Waals surface area contributed by atoms with Crippen molar-refractivity contribution in [1.29, 1.82) is 0 Å². The summed E-state index contributed by atoms with van der Waals surface area (Å²) in [6.07, 6.45) is 4.79. The Morgan fingerprint density at radius 3 is 2.35 bits per heavy atom. The van der Waals surface area contributed by atoms with Gasteiger partial charge in [0.2, 0.25) is 11.8 Å². The van der Waals surface area contributed by atoms with Crippen LogP contribution in [0.15, 0.2) is 24.3 Å². The second-order valence-electron chi connectivity index (χ2n) is 9.37. The van der Waals surface area contributed by atoms with Crippen molar-refractivity contribution < 1.29 is 19.1 Å². The molecular weight excluding hydrogens is 394 g/mol. The number of urea groups is 1. The Labute approximate surface area is 183 Å². The van der Waals surface area contributed by atoms with E-state index in [1.165, 1.54) is 4.90 Å². The second kappa shape index (κ2) is 7.70. The molecule has 31 heavy (non-hydrogen) atoms. The van der Waals surface area contributed by atoms with E-state index in [0.717, 1.165) is 48.3 Å². The van der Waals surface area contributed by atoms with Gasteiger partial charge >= 0.3 is 6.03 Å². The number of hydrogen-bond donors (Lipinski definition) is 1. The first kappa shape index (κ1) is 21.4. The third-order valence-electron chi connectivity index (χ3n) is 6.81. The van der Waals surface area contributed by atoms with E-state index in [1.807, 2.05) is 45.0 Å². The quantitative estimate of drug-likeness (QED) is 0.745. The van der Waals surface area contributed by atoms with Gasteiger partial charge in [0.25, 0.3) is 0 Å². The first-order chi connectivity index (χ1) is 14.7. The van der Waals surface area contributed by atoms with Crippen LogP contribution in [0.3, 0.4) is 0 Å². The van der Waals surface area contributed by atoms with Gasteiger partial charge in [0.1, 0.15) is 11.9 Å². The number of hydrogen-bond acceptors (Lipinski definition) is 4. The fraction of sp³-hybridized carbons (Fsp3) is 0.542. The summed E-state index contributed by atoms with van der Waals surface area (Å²) in [5, 5.41) is 2.91. The minimum atomic E-state index is -0.706. The van der Waals surface area contributed by atoms with E-state index in [0.29, 0.717) is 0 Å². The van der Waals surface area contributed by atoms with E-state index >= 15 is 0 Å². The average Bonchev–Trinajstić information content (AvgIpc) is 2.97. The highest BCUT2D eigenvalue weighted by atomic mass is 16.5. The number of likely N-dealkylation sites (tertiary alicyclic amines) is 1. The van der Waals surface area contributed by atoms with Crippen LogP contribution in [0.5, 0.6) is 5.75 Å². The van der Waals surface area contributed by atoms with Crippen molar-refractivity contribution in [3.05, 3.63) is 29.8 Å². The van der Waals surface area contributed by atoms with Gasteiger partial charge in [0, 0.05) is 5.56 Å². The number of nitrogens with one attached hydrogen (secondary N) is 1. The number of carbonyl (C=O) groups is 3. The first-order valence-electron chi connectivity index (χ1n) is 11.0. The van der Waals surface area contributed by atoms with Gasteiger partial charge in [-0.25, -0.2) is 4.79 Å². The second-order valence-corrected chi connectivity index (χ2v) is 9.37. The SMILES string of the molecule is COc1ccc2c(c1)C(C)=CC(C)(C)N2C(=O)N[C@@H](C)N1C(=O)[C@H]2CCCC[C@@H]2C1=O. The molecule has 0 aromatic heterocycles. The number of rotatable bonds is 3. The van der Waals surface area contributed by atoms with E-state index in [-0.39, 0.29) is 29.7 Å². The molecule has 0 unspecified atom stereocenters.